The van der Waals surface area contributed by atoms with Gasteiger partial charge in [-0.25, -0.2) is 0 Å². The van der Waals surface area contributed by atoms with E-state index in [1.807, 2.05) is 18.7 Å². The van der Waals surface area contributed by atoms with E-state index in [2.05, 4.69) is 10.1 Å². The Bertz CT molecular complexity index is 300. The molecule has 0 saturated carbocycles. The first kappa shape index (κ1) is 11.6. The van der Waals surface area contributed by atoms with Crippen LogP contribution in [-0.2, 0) is 11.3 Å². The Balaban J connectivity index is 2.51. The predicted molar refractivity (Wildman–Crippen MR) is 52.1 cm³/mol. The zero-order chi connectivity index (χ0) is 11.3. The normalized spacial score (nSPS) is 13.0. The molecule has 1 aromatic heterocycles. The molecule has 15 heavy (non-hydrogen) atoms. The molecule has 0 saturated heterocycles. The highest BCUT2D eigenvalue weighted by Crippen LogP contribution is 2.08. The minimum absolute atomic E-state index is 0.0422. The largest absolute Gasteiger partial charge is 0.481 e. The van der Waals surface area contributed by atoms with Gasteiger partial charge in [-0.05, 0) is 13.5 Å². The van der Waals surface area contributed by atoms with Gasteiger partial charge in [-0.3, -0.25) is 9.69 Å². The van der Waals surface area contributed by atoms with Crippen LogP contribution in [0.15, 0.2) is 10.9 Å². The highest BCUT2D eigenvalue weighted by molar-refractivity contribution is 5.67. The molecule has 6 heteroatoms. The summed E-state index contributed by atoms with van der Waals surface area (Å²) in [5.41, 5.74) is 0. The lowest BCUT2D eigenvalue weighted by Crippen LogP contribution is -2.34. The molecular weight excluding hydrogens is 198 g/mol. The Morgan fingerprint density at radius 1 is 1.73 bits per heavy atom. The van der Waals surface area contributed by atoms with Crippen LogP contribution in [0, 0.1) is 0 Å². The first-order valence-corrected chi connectivity index (χ1v) is 4.84. The summed E-state index contributed by atoms with van der Waals surface area (Å²) >= 11 is 0. The van der Waals surface area contributed by atoms with E-state index in [0.717, 1.165) is 6.54 Å². The fraction of sp³-hybridized carbons (Fsp3) is 0.667. The van der Waals surface area contributed by atoms with Crippen LogP contribution in [0.4, 0.5) is 0 Å². The monoisotopic (exact) mass is 213 g/mol. The van der Waals surface area contributed by atoms with Crippen LogP contribution in [-0.4, -0.2) is 38.7 Å². The summed E-state index contributed by atoms with van der Waals surface area (Å²) in [6.45, 7) is 5.07. The lowest BCUT2D eigenvalue weighted by atomic mass is 10.2. The third-order valence-corrected chi connectivity index (χ3v) is 2.24. The van der Waals surface area contributed by atoms with Crippen LogP contribution in [0.3, 0.4) is 0 Å². The maximum Gasteiger partial charge on any atom is 0.304 e. The molecule has 0 aliphatic heterocycles. The minimum Gasteiger partial charge on any atom is -0.481 e. The standard InChI is InChI=1S/C9H15N3O3/c1-3-12(7(2)4-9(13)14)5-8-10-6-11-15-8/h6-7H,3-5H2,1-2H3,(H,13,14). The van der Waals surface area contributed by atoms with Gasteiger partial charge in [0, 0.05) is 6.04 Å². The summed E-state index contributed by atoms with van der Waals surface area (Å²) in [5, 5.41) is 12.2. The van der Waals surface area contributed by atoms with Crippen LogP contribution < -0.4 is 0 Å². The van der Waals surface area contributed by atoms with Crippen LogP contribution in [0.25, 0.3) is 0 Å². The van der Waals surface area contributed by atoms with Crippen molar-refractivity contribution in [3.8, 4) is 0 Å². The minimum atomic E-state index is -0.800. The van der Waals surface area contributed by atoms with E-state index in [-0.39, 0.29) is 12.5 Å². The Morgan fingerprint density at radius 3 is 2.93 bits per heavy atom. The van der Waals surface area contributed by atoms with Gasteiger partial charge >= 0.3 is 5.97 Å². The molecule has 1 N–H and O–H groups in total. The number of carboxylic acid groups (broad SMARTS) is 1. The third-order valence-electron chi connectivity index (χ3n) is 2.24. The van der Waals surface area contributed by atoms with Gasteiger partial charge < -0.3 is 9.63 Å². The van der Waals surface area contributed by atoms with Gasteiger partial charge in [-0.2, -0.15) is 4.98 Å². The number of carbonyl (C=O) groups is 1. The van der Waals surface area contributed by atoms with Gasteiger partial charge in [0.2, 0.25) is 5.89 Å². The molecule has 0 aromatic carbocycles. The van der Waals surface area contributed by atoms with E-state index < -0.39 is 5.97 Å². The molecule has 0 spiro atoms. The molecule has 1 aromatic rings. The molecule has 6 nitrogen and oxygen atoms in total. The molecule has 1 heterocycles. The number of aromatic nitrogens is 2. The van der Waals surface area contributed by atoms with Crippen molar-refractivity contribution < 1.29 is 14.4 Å². The molecule has 0 aliphatic carbocycles. The second-order valence-electron chi connectivity index (χ2n) is 3.34. The second-order valence-corrected chi connectivity index (χ2v) is 3.34. The fourth-order valence-electron chi connectivity index (χ4n) is 1.40. The summed E-state index contributed by atoms with van der Waals surface area (Å²) in [5.74, 6) is -0.291. The van der Waals surface area contributed by atoms with Crippen LogP contribution in [0.2, 0.25) is 0 Å². The van der Waals surface area contributed by atoms with Gasteiger partial charge in [0.25, 0.3) is 0 Å². The van der Waals surface area contributed by atoms with Gasteiger partial charge in [-0.15, -0.1) is 0 Å². The number of nitrogens with zero attached hydrogens (tertiary/aromatic N) is 3. The van der Waals surface area contributed by atoms with Gasteiger partial charge in [0.15, 0.2) is 6.33 Å². The molecule has 1 atom stereocenters. The Hall–Kier alpha value is -1.43. The van der Waals surface area contributed by atoms with E-state index in [1.165, 1.54) is 6.33 Å². The summed E-state index contributed by atoms with van der Waals surface area (Å²) in [4.78, 5) is 16.4. The van der Waals surface area contributed by atoms with Crippen molar-refractivity contribution in [3.05, 3.63) is 12.2 Å². The van der Waals surface area contributed by atoms with Crippen LogP contribution >= 0.6 is 0 Å². The quantitative estimate of drug-likeness (QED) is 0.751. The highest BCUT2D eigenvalue weighted by Gasteiger charge is 2.17. The van der Waals surface area contributed by atoms with Crippen molar-refractivity contribution >= 4 is 5.97 Å². The van der Waals surface area contributed by atoms with Crippen molar-refractivity contribution in [3.63, 3.8) is 0 Å². The molecule has 0 amide bonds. The van der Waals surface area contributed by atoms with Gasteiger partial charge in [0.1, 0.15) is 0 Å². The molecular formula is C9H15N3O3. The van der Waals surface area contributed by atoms with Crippen molar-refractivity contribution in [2.45, 2.75) is 32.9 Å². The van der Waals surface area contributed by atoms with Crippen LogP contribution in [0.5, 0.6) is 0 Å². The first-order valence-electron chi connectivity index (χ1n) is 4.84. The zero-order valence-electron chi connectivity index (χ0n) is 8.88. The highest BCUT2D eigenvalue weighted by atomic mass is 16.5. The molecule has 0 fully saturated rings. The Labute approximate surface area is 87.9 Å². The topological polar surface area (TPSA) is 79.5 Å². The molecule has 84 valence electrons. The number of hydrogen-bond acceptors (Lipinski definition) is 5. The maximum absolute atomic E-state index is 10.6. The fourth-order valence-corrected chi connectivity index (χ4v) is 1.40. The van der Waals surface area contributed by atoms with Gasteiger partial charge in [0.05, 0.1) is 13.0 Å². The van der Waals surface area contributed by atoms with E-state index in [9.17, 15) is 4.79 Å². The SMILES string of the molecule is CCN(Cc1ncno1)C(C)CC(=O)O. The Morgan fingerprint density at radius 2 is 2.47 bits per heavy atom. The molecule has 1 unspecified atom stereocenters. The molecule has 0 aliphatic rings. The molecule has 0 bridgehead atoms. The zero-order valence-corrected chi connectivity index (χ0v) is 8.88. The summed E-state index contributed by atoms with van der Waals surface area (Å²) < 4.78 is 4.87. The van der Waals surface area contributed by atoms with E-state index in [1.54, 1.807) is 0 Å². The van der Waals surface area contributed by atoms with Gasteiger partial charge in [-0.1, -0.05) is 12.1 Å². The summed E-state index contributed by atoms with van der Waals surface area (Å²) in [6, 6.07) is -0.0422. The van der Waals surface area contributed by atoms with Crippen molar-refractivity contribution in [2.75, 3.05) is 6.54 Å². The summed E-state index contributed by atoms with van der Waals surface area (Å²) in [6.07, 6.45) is 1.45. The lowest BCUT2D eigenvalue weighted by Gasteiger charge is -2.24. The second kappa shape index (κ2) is 5.45. The van der Waals surface area contributed by atoms with Crippen molar-refractivity contribution in [1.29, 1.82) is 0 Å². The van der Waals surface area contributed by atoms with Crippen molar-refractivity contribution in [1.82, 2.24) is 15.0 Å². The smallest absolute Gasteiger partial charge is 0.304 e. The average Bonchev–Trinajstić information content (AvgIpc) is 2.65. The average molecular weight is 213 g/mol. The number of carboxylic acids is 1. The lowest BCUT2D eigenvalue weighted by molar-refractivity contribution is -0.138. The van der Waals surface area contributed by atoms with Crippen molar-refractivity contribution in [2.24, 2.45) is 0 Å². The first-order chi connectivity index (χ1) is 7.13. The van der Waals surface area contributed by atoms with E-state index >= 15 is 0 Å². The number of rotatable bonds is 6. The molecule has 1 rings (SSSR count). The number of hydrogen-bond donors (Lipinski definition) is 1. The van der Waals surface area contributed by atoms with Crippen LogP contribution in [0.1, 0.15) is 26.2 Å². The third kappa shape index (κ3) is 3.67. The summed E-state index contributed by atoms with van der Waals surface area (Å²) in [7, 11) is 0. The van der Waals surface area contributed by atoms with E-state index in [0.29, 0.717) is 12.4 Å². The predicted octanol–water partition coefficient (Wildman–Crippen LogP) is 0.755. The number of aliphatic carboxylic acids is 1. The molecule has 0 radical (unpaired) electrons. The Kier molecular flexibility index (Phi) is 4.23. The van der Waals surface area contributed by atoms with E-state index in [4.69, 9.17) is 9.63 Å². The maximum atomic E-state index is 10.6.